The van der Waals surface area contributed by atoms with Crippen LogP contribution in [0.3, 0.4) is 0 Å². The minimum absolute atomic E-state index is 0.174. The van der Waals surface area contributed by atoms with Crippen LogP contribution in [-0.4, -0.2) is 11.0 Å². The van der Waals surface area contributed by atoms with Gasteiger partial charge in [-0.05, 0) is 24.1 Å². The maximum absolute atomic E-state index is 12.7. The molecule has 1 aromatic rings. The fourth-order valence-corrected chi connectivity index (χ4v) is 3.09. The van der Waals surface area contributed by atoms with Crippen molar-refractivity contribution in [1.29, 1.82) is 0 Å². The second kappa shape index (κ2) is 5.36. The first-order chi connectivity index (χ1) is 9.34. The molecule has 0 aromatic heterocycles. The molecule has 1 heterocycles. The molecule has 1 aromatic carbocycles. The van der Waals surface area contributed by atoms with E-state index in [1.54, 1.807) is 6.08 Å². The molecule has 0 aliphatic carbocycles. The highest BCUT2D eigenvalue weighted by Gasteiger charge is 2.35. The van der Waals surface area contributed by atoms with Gasteiger partial charge in [0.05, 0.1) is 21.4 Å². The zero-order valence-corrected chi connectivity index (χ0v) is 11.2. The summed E-state index contributed by atoms with van der Waals surface area (Å²) in [5.74, 6) is -0.244. The Morgan fingerprint density at radius 3 is 2.70 bits per heavy atom. The van der Waals surface area contributed by atoms with Crippen LogP contribution in [-0.2, 0) is 11.0 Å². The van der Waals surface area contributed by atoms with E-state index in [1.165, 1.54) is 23.9 Å². The summed E-state index contributed by atoms with van der Waals surface area (Å²) in [7, 11) is 0. The summed E-state index contributed by atoms with van der Waals surface area (Å²) < 4.78 is 38.1. The van der Waals surface area contributed by atoms with Crippen LogP contribution in [0.15, 0.2) is 41.9 Å². The summed E-state index contributed by atoms with van der Waals surface area (Å²) >= 11 is 1.17. The number of nitrogens with two attached hydrogens (primary N) is 1. The van der Waals surface area contributed by atoms with Crippen molar-refractivity contribution in [2.45, 2.75) is 17.8 Å². The Morgan fingerprint density at radius 2 is 2.10 bits per heavy atom. The third-order valence-electron chi connectivity index (χ3n) is 2.91. The van der Waals surface area contributed by atoms with Crippen LogP contribution in [0.1, 0.15) is 17.5 Å². The molecule has 0 amide bonds. The maximum Gasteiger partial charge on any atom is 0.416 e. The minimum atomic E-state index is -4.44. The number of carbonyl (C=O) groups is 1. The van der Waals surface area contributed by atoms with Crippen LogP contribution in [0, 0.1) is 0 Å². The lowest BCUT2D eigenvalue weighted by atomic mass is 9.98. The van der Waals surface area contributed by atoms with E-state index in [-0.39, 0.29) is 21.9 Å². The van der Waals surface area contributed by atoms with Crippen LogP contribution < -0.4 is 5.73 Å². The third kappa shape index (κ3) is 2.75. The average molecular weight is 299 g/mol. The summed E-state index contributed by atoms with van der Waals surface area (Å²) in [6, 6.07) is 4.66. The van der Waals surface area contributed by atoms with E-state index in [0.29, 0.717) is 6.42 Å². The van der Waals surface area contributed by atoms with Gasteiger partial charge >= 0.3 is 6.18 Å². The van der Waals surface area contributed by atoms with Crippen molar-refractivity contribution >= 4 is 23.1 Å². The number of benzene rings is 1. The molecule has 2 rings (SSSR count). The van der Waals surface area contributed by atoms with Gasteiger partial charge < -0.3 is 5.73 Å². The van der Waals surface area contributed by atoms with Gasteiger partial charge in [-0.2, -0.15) is 13.2 Å². The number of halogens is 3. The van der Waals surface area contributed by atoms with E-state index >= 15 is 0 Å². The number of hydrogen-bond acceptors (Lipinski definition) is 3. The lowest BCUT2D eigenvalue weighted by molar-refractivity contribution is -0.137. The Bertz CT molecular complexity index is 592. The zero-order valence-electron chi connectivity index (χ0n) is 10.4. The molecule has 0 fully saturated rings. The number of Topliss-reactive ketones (excluding diaryl/α,β-unsaturated/α-hetero) is 1. The van der Waals surface area contributed by atoms with Crippen LogP contribution in [0.2, 0.25) is 0 Å². The Kier molecular flexibility index (Phi) is 3.94. The van der Waals surface area contributed by atoms with Gasteiger partial charge in [0.15, 0.2) is 5.78 Å². The molecule has 20 heavy (non-hydrogen) atoms. The summed E-state index contributed by atoms with van der Waals surface area (Å²) in [5, 5.41) is -0.127. The van der Waals surface area contributed by atoms with Gasteiger partial charge in [-0.15, -0.1) is 6.58 Å². The van der Waals surface area contributed by atoms with Crippen LogP contribution in [0.25, 0.3) is 5.57 Å². The van der Waals surface area contributed by atoms with E-state index in [4.69, 9.17) is 5.73 Å². The number of rotatable bonds is 3. The van der Waals surface area contributed by atoms with Crippen molar-refractivity contribution in [2.75, 3.05) is 0 Å². The highest BCUT2D eigenvalue weighted by molar-refractivity contribution is 8.05. The molecule has 106 valence electrons. The van der Waals surface area contributed by atoms with Gasteiger partial charge in [0.1, 0.15) is 0 Å². The van der Waals surface area contributed by atoms with Crippen LogP contribution >= 0.6 is 11.8 Å². The van der Waals surface area contributed by atoms with Crippen LogP contribution in [0.5, 0.6) is 0 Å². The molecule has 0 saturated heterocycles. The Hall–Kier alpha value is -1.69. The van der Waals surface area contributed by atoms with Gasteiger partial charge in [0.25, 0.3) is 0 Å². The lowest BCUT2D eigenvalue weighted by Crippen LogP contribution is -2.13. The summed E-state index contributed by atoms with van der Waals surface area (Å²) in [4.78, 5) is 12.2. The molecule has 1 atom stereocenters. The van der Waals surface area contributed by atoms with Gasteiger partial charge in [0, 0.05) is 0 Å². The first kappa shape index (κ1) is 14.7. The quantitative estimate of drug-likeness (QED) is 0.867. The number of carbonyl (C=O) groups excluding carboxylic acids is 1. The van der Waals surface area contributed by atoms with Crippen molar-refractivity contribution < 1.29 is 18.0 Å². The molecule has 1 aliphatic rings. The second-order valence-corrected chi connectivity index (χ2v) is 5.56. The van der Waals surface area contributed by atoms with E-state index < -0.39 is 17.0 Å². The molecule has 1 unspecified atom stereocenters. The van der Waals surface area contributed by atoms with E-state index in [2.05, 4.69) is 6.58 Å². The van der Waals surface area contributed by atoms with Gasteiger partial charge in [-0.25, -0.2) is 0 Å². The second-order valence-electron chi connectivity index (χ2n) is 4.31. The standard InChI is InChI=1S/C14H12F3NOS/c1-2-4-10-12(19)11(13(18)20-10)8-5-3-6-9(7-8)14(15,16)17/h2-3,5-7,10H,1,4,18H2. The van der Waals surface area contributed by atoms with Gasteiger partial charge in [-0.3, -0.25) is 4.79 Å². The Balaban J connectivity index is 2.39. The number of thioether (sulfide) groups is 1. The van der Waals surface area contributed by atoms with Crippen molar-refractivity contribution in [3.8, 4) is 0 Å². The third-order valence-corrected chi connectivity index (χ3v) is 4.06. The van der Waals surface area contributed by atoms with Crippen molar-refractivity contribution in [3.63, 3.8) is 0 Å². The summed E-state index contributed by atoms with van der Waals surface area (Å²) in [5.41, 5.74) is 5.38. The van der Waals surface area contributed by atoms with Crippen molar-refractivity contribution in [1.82, 2.24) is 0 Å². The molecular formula is C14H12F3NOS. The molecule has 2 N–H and O–H groups in total. The zero-order chi connectivity index (χ0) is 14.9. The maximum atomic E-state index is 12.7. The minimum Gasteiger partial charge on any atom is -0.393 e. The first-order valence-corrected chi connectivity index (χ1v) is 6.71. The number of ketones is 1. The SMILES string of the molecule is C=CCC1SC(N)=C(c2cccc(C(F)(F)F)c2)C1=O. The van der Waals surface area contributed by atoms with Crippen molar-refractivity contribution in [2.24, 2.45) is 5.73 Å². The molecule has 1 aliphatic heterocycles. The van der Waals surface area contributed by atoms with E-state index in [9.17, 15) is 18.0 Å². The number of hydrogen-bond donors (Lipinski definition) is 1. The molecular weight excluding hydrogens is 287 g/mol. The molecule has 0 spiro atoms. The Morgan fingerprint density at radius 1 is 1.40 bits per heavy atom. The molecule has 0 radical (unpaired) electrons. The average Bonchev–Trinajstić information content (AvgIpc) is 2.64. The lowest BCUT2D eigenvalue weighted by Gasteiger charge is -2.09. The van der Waals surface area contributed by atoms with E-state index in [1.807, 2.05) is 0 Å². The smallest absolute Gasteiger partial charge is 0.393 e. The van der Waals surface area contributed by atoms with Gasteiger partial charge in [0.2, 0.25) is 0 Å². The molecule has 6 heteroatoms. The first-order valence-electron chi connectivity index (χ1n) is 5.83. The molecule has 0 bridgehead atoms. The monoisotopic (exact) mass is 299 g/mol. The molecule has 2 nitrogen and oxygen atoms in total. The predicted molar refractivity (Wildman–Crippen MR) is 73.8 cm³/mol. The normalized spacial score (nSPS) is 19.6. The predicted octanol–water partition coefficient (Wildman–Crippen LogP) is 3.59. The van der Waals surface area contributed by atoms with Crippen molar-refractivity contribution in [3.05, 3.63) is 53.1 Å². The van der Waals surface area contributed by atoms with E-state index in [0.717, 1.165) is 12.1 Å². The van der Waals surface area contributed by atoms with Gasteiger partial charge in [-0.1, -0.05) is 30.0 Å². The largest absolute Gasteiger partial charge is 0.416 e. The fourth-order valence-electron chi connectivity index (χ4n) is 1.99. The Labute approximate surface area is 118 Å². The summed E-state index contributed by atoms with van der Waals surface area (Å²) in [6.07, 6.45) is -2.41. The number of allylic oxidation sites excluding steroid dienone is 2. The fraction of sp³-hybridized carbons (Fsp3) is 0.214. The topological polar surface area (TPSA) is 43.1 Å². The summed E-state index contributed by atoms with van der Waals surface area (Å²) in [6.45, 7) is 3.55. The number of alkyl halides is 3. The highest BCUT2D eigenvalue weighted by Crippen LogP contribution is 2.40. The molecule has 0 saturated carbocycles. The highest BCUT2D eigenvalue weighted by atomic mass is 32.2. The van der Waals surface area contributed by atoms with Crippen LogP contribution in [0.4, 0.5) is 13.2 Å².